The van der Waals surface area contributed by atoms with Crippen molar-refractivity contribution in [1.29, 1.82) is 0 Å². The standard InChI is InChI=1S/C60H39N3O2.C60H39N3S2/c1-4-18-42(19-5-1)61(55-30-16-27-50-48-25-11-14-32-57(48)64-59(50)55)45-36-41(40-34-35-54-52(38-40)47-24-10-13-29-53(47)63(54)44-22-8-3-9-23-44)37-46(39-45)62(43-20-6-2-7-21-43)56-31-17-28-51-49-26-12-15-33-58(49)65-60(51)56;1-4-16-42(17-5-1)61(45-29-31-52-50-23-11-14-26-57(50)64-59(52)38-45)47-34-41(40-28-33-56-54(36-40)49-22-10-13-25-55(49)63(56)44-20-8-3-9-21-44)35-48(37-47)62(43-18-6-2-7-19-43)46-30-32-53-51-24-12-15-27-58(51)65-60(53)39-46/h2*1-39H. The molecule has 0 saturated carbocycles. The minimum atomic E-state index is 0.826. The van der Waals surface area contributed by atoms with Crippen LogP contribution in [0.25, 0.3) is 161 Å². The minimum absolute atomic E-state index is 0.826. The monoisotopic (exact) mass is 1700 g/mol. The Balaban J connectivity index is 0.000000140. The molecule has 612 valence electrons. The van der Waals surface area contributed by atoms with Gasteiger partial charge in [-0.1, -0.05) is 267 Å². The van der Waals surface area contributed by atoms with Crippen LogP contribution in [0.1, 0.15) is 0 Å². The summed E-state index contributed by atoms with van der Waals surface area (Å²) in [5, 5.41) is 14.3. The van der Waals surface area contributed by atoms with Crippen molar-refractivity contribution in [3.63, 3.8) is 0 Å². The highest BCUT2D eigenvalue weighted by Crippen LogP contribution is 2.52. The number of furan rings is 2. The van der Waals surface area contributed by atoms with Crippen LogP contribution >= 0.6 is 22.7 Å². The first-order valence-electron chi connectivity index (χ1n) is 44.0. The van der Waals surface area contributed by atoms with E-state index in [1.807, 2.05) is 46.9 Å². The van der Waals surface area contributed by atoms with Gasteiger partial charge in [0.15, 0.2) is 11.2 Å². The van der Waals surface area contributed by atoms with Gasteiger partial charge in [0.25, 0.3) is 0 Å². The molecule has 20 aromatic carbocycles. The van der Waals surface area contributed by atoms with Crippen molar-refractivity contribution < 1.29 is 8.83 Å². The summed E-state index contributed by atoms with van der Waals surface area (Å²) in [4.78, 5) is 9.52. The van der Waals surface area contributed by atoms with E-state index in [1.54, 1.807) is 0 Å². The van der Waals surface area contributed by atoms with Gasteiger partial charge in [-0.25, -0.2) is 0 Å². The molecule has 130 heavy (non-hydrogen) atoms. The molecule has 0 aliphatic carbocycles. The van der Waals surface area contributed by atoms with Gasteiger partial charge in [0, 0.05) is 152 Å². The van der Waals surface area contributed by atoms with Gasteiger partial charge in [0.05, 0.1) is 33.4 Å². The second-order valence-corrected chi connectivity index (χ2v) is 35.2. The average molecular weight is 1700 g/mol. The Labute approximate surface area is 757 Å². The number of hydrogen-bond acceptors (Lipinski definition) is 8. The zero-order chi connectivity index (χ0) is 85.7. The van der Waals surface area contributed by atoms with Crippen molar-refractivity contribution in [2.75, 3.05) is 19.6 Å². The lowest BCUT2D eigenvalue weighted by Gasteiger charge is -2.30. The van der Waals surface area contributed by atoms with Crippen LogP contribution in [0.4, 0.5) is 68.2 Å². The number of hydrogen-bond donors (Lipinski definition) is 0. The smallest absolute Gasteiger partial charge is 0.159 e. The van der Waals surface area contributed by atoms with Gasteiger partial charge in [-0.05, 0) is 229 Å². The summed E-state index contributed by atoms with van der Waals surface area (Å²) in [6, 6.07) is 170. The first kappa shape index (κ1) is 75.7. The Morgan fingerprint density at radius 3 is 0.877 bits per heavy atom. The molecule has 0 saturated heterocycles. The Morgan fingerprint density at radius 1 is 0.169 bits per heavy atom. The third-order valence-electron chi connectivity index (χ3n) is 25.4. The zero-order valence-corrected chi connectivity index (χ0v) is 72.0. The number of para-hydroxylation sites is 12. The molecule has 0 N–H and O–H groups in total. The molecular weight excluding hydrogens is 1620 g/mol. The van der Waals surface area contributed by atoms with Gasteiger partial charge in [0.1, 0.15) is 11.2 Å². The first-order valence-corrected chi connectivity index (χ1v) is 45.6. The quantitative estimate of drug-likeness (QED) is 0.0961. The molecular formula is C120H78N6O2S2. The minimum Gasteiger partial charge on any atom is -0.454 e. The zero-order valence-electron chi connectivity index (χ0n) is 70.3. The predicted octanol–water partition coefficient (Wildman–Crippen LogP) is 35.3. The number of rotatable bonds is 16. The summed E-state index contributed by atoms with van der Waals surface area (Å²) < 4.78 is 23.4. The number of fused-ring (bicyclic) bond motifs is 18. The van der Waals surface area contributed by atoms with E-state index in [1.165, 1.54) is 78.4 Å². The lowest BCUT2D eigenvalue weighted by atomic mass is 9.99. The first-order chi connectivity index (χ1) is 64.5. The van der Waals surface area contributed by atoms with E-state index in [-0.39, 0.29) is 0 Å². The highest BCUT2D eigenvalue weighted by Gasteiger charge is 2.28. The van der Waals surface area contributed by atoms with Gasteiger partial charge in [0.2, 0.25) is 0 Å². The predicted molar refractivity (Wildman–Crippen MR) is 552 cm³/mol. The third kappa shape index (κ3) is 13.1. The van der Waals surface area contributed by atoms with Gasteiger partial charge >= 0.3 is 0 Å². The molecule has 0 amide bonds. The summed E-state index contributed by atoms with van der Waals surface area (Å²) in [5.41, 5.74) is 27.2. The number of benzene rings is 20. The molecule has 8 nitrogen and oxygen atoms in total. The second-order valence-electron chi connectivity index (χ2n) is 33.1. The van der Waals surface area contributed by atoms with E-state index in [9.17, 15) is 0 Å². The molecule has 26 rings (SSSR count). The molecule has 6 aromatic heterocycles. The Hall–Kier alpha value is -16.8. The molecule has 0 aliphatic rings. The molecule has 0 bridgehead atoms. The summed E-state index contributed by atoms with van der Waals surface area (Å²) in [5.74, 6) is 0. The lowest BCUT2D eigenvalue weighted by Crippen LogP contribution is -2.14. The van der Waals surface area contributed by atoms with Gasteiger partial charge < -0.3 is 37.6 Å². The van der Waals surface area contributed by atoms with Crippen LogP contribution in [0.2, 0.25) is 0 Å². The van der Waals surface area contributed by atoms with E-state index in [0.29, 0.717) is 0 Å². The molecule has 0 unspecified atom stereocenters. The third-order valence-corrected chi connectivity index (χ3v) is 27.7. The molecule has 0 atom stereocenters. The normalized spacial score (nSPS) is 11.7. The fraction of sp³-hybridized carbons (Fsp3) is 0. The number of aromatic nitrogens is 2. The van der Waals surface area contributed by atoms with Crippen LogP contribution in [-0.4, -0.2) is 9.13 Å². The molecule has 10 heteroatoms. The van der Waals surface area contributed by atoms with Gasteiger partial charge in [-0.15, -0.1) is 22.7 Å². The maximum atomic E-state index is 6.78. The van der Waals surface area contributed by atoms with Crippen LogP contribution in [0.3, 0.4) is 0 Å². The van der Waals surface area contributed by atoms with Gasteiger partial charge in [-0.3, -0.25) is 0 Å². The topological polar surface area (TPSA) is 49.1 Å². The van der Waals surface area contributed by atoms with E-state index >= 15 is 0 Å². The number of thiophene rings is 2. The Morgan fingerprint density at radius 2 is 0.477 bits per heavy atom. The summed E-state index contributed by atoms with van der Waals surface area (Å²) >= 11 is 3.71. The highest BCUT2D eigenvalue weighted by molar-refractivity contribution is 7.26. The van der Waals surface area contributed by atoms with Crippen LogP contribution in [0.15, 0.2) is 482 Å². The maximum Gasteiger partial charge on any atom is 0.159 e. The highest BCUT2D eigenvalue weighted by atomic mass is 32.1. The summed E-state index contributed by atoms with van der Waals surface area (Å²) in [7, 11) is 0. The van der Waals surface area contributed by atoms with E-state index in [0.717, 1.165) is 151 Å². The molecule has 0 aliphatic heterocycles. The molecule has 6 heterocycles. The fourth-order valence-electron chi connectivity index (χ4n) is 19.6. The summed E-state index contributed by atoms with van der Waals surface area (Å²) in [6.45, 7) is 0. The number of nitrogens with zero attached hydrogens (tertiary/aromatic N) is 6. The fourth-order valence-corrected chi connectivity index (χ4v) is 21.9. The Bertz CT molecular complexity index is 8490. The summed E-state index contributed by atoms with van der Waals surface area (Å²) in [6.07, 6.45) is 0. The molecule has 0 radical (unpaired) electrons. The van der Waals surface area contributed by atoms with Crippen molar-refractivity contribution in [2.45, 2.75) is 0 Å². The second kappa shape index (κ2) is 31.7. The Kier molecular flexibility index (Phi) is 18.5. The van der Waals surface area contributed by atoms with E-state index < -0.39 is 0 Å². The van der Waals surface area contributed by atoms with E-state index in [4.69, 9.17) is 8.83 Å². The van der Waals surface area contributed by atoms with Gasteiger partial charge in [-0.2, -0.15) is 0 Å². The van der Waals surface area contributed by atoms with Crippen molar-refractivity contribution >= 4 is 219 Å². The average Bonchev–Trinajstić information content (AvgIpc) is 1.57. The SMILES string of the molecule is c1ccc(N(c2cc(-c3ccc4c(c3)c3ccccc3n4-c3ccccc3)cc(N(c3ccccc3)c3ccc4c(c3)sc3ccccc34)c2)c2ccc3c(c2)sc2ccccc23)cc1.c1ccc(N(c2cc(-c3ccc4c(c3)c3ccccc3n4-c3ccccc3)cc(N(c3ccccc3)c3cccc4c3oc3ccccc34)c2)c2cccc3c2oc2ccccc23)cc1. The molecule has 0 fully saturated rings. The van der Waals surface area contributed by atoms with Crippen LogP contribution in [0.5, 0.6) is 0 Å². The largest absolute Gasteiger partial charge is 0.454 e. The maximum absolute atomic E-state index is 6.78. The van der Waals surface area contributed by atoms with Crippen LogP contribution in [-0.2, 0) is 0 Å². The van der Waals surface area contributed by atoms with Crippen LogP contribution in [0, 0.1) is 0 Å². The van der Waals surface area contributed by atoms with Crippen molar-refractivity contribution in [3.8, 4) is 33.6 Å². The molecule has 26 aromatic rings. The van der Waals surface area contributed by atoms with Crippen LogP contribution < -0.4 is 19.6 Å². The van der Waals surface area contributed by atoms with E-state index in [2.05, 4.69) is 478 Å². The lowest BCUT2D eigenvalue weighted by molar-refractivity contribution is 0.669. The number of anilines is 12. The van der Waals surface area contributed by atoms with Crippen molar-refractivity contribution in [1.82, 2.24) is 9.13 Å². The van der Waals surface area contributed by atoms with Crippen molar-refractivity contribution in [3.05, 3.63) is 473 Å². The van der Waals surface area contributed by atoms with Crippen molar-refractivity contribution in [2.24, 2.45) is 0 Å². The molecule has 0 spiro atoms.